The third-order valence-electron chi connectivity index (χ3n) is 2.19. The molecule has 0 saturated heterocycles. The Hall–Kier alpha value is -0.350. The van der Waals surface area contributed by atoms with Crippen molar-refractivity contribution in [1.82, 2.24) is 0 Å². The van der Waals surface area contributed by atoms with Gasteiger partial charge >= 0.3 is 24.2 Å². The van der Waals surface area contributed by atoms with Crippen LogP contribution in [0.15, 0.2) is 0 Å². The lowest BCUT2D eigenvalue weighted by atomic mass is 10.2. The average molecular weight is 326 g/mol. The molecule has 0 aromatic heterocycles. The summed E-state index contributed by atoms with van der Waals surface area (Å²) in [6, 6.07) is 0. The molecule has 0 N–H and O–H groups in total. The van der Waals surface area contributed by atoms with Gasteiger partial charge in [-0.2, -0.15) is 43.9 Å². The van der Waals surface area contributed by atoms with Gasteiger partial charge in [0, 0.05) is 0 Å². The molecule has 0 saturated carbocycles. The van der Waals surface area contributed by atoms with Crippen LogP contribution in [0.4, 0.5) is 43.9 Å². The molecule has 116 valence electrons. The zero-order chi connectivity index (χ0) is 15.9. The molecule has 0 nitrogen and oxygen atoms in total. The van der Waals surface area contributed by atoms with E-state index >= 15 is 0 Å². The second-order valence-electron chi connectivity index (χ2n) is 3.66. The van der Waals surface area contributed by atoms with Crippen LogP contribution in [-0.2, 0) is 0 Å². The first-order chi connectivity index (χ1) is 8.05. The van der Waals surface area contributed by atoms with E-state index in [0.29, 0.717) is 0 Å². The zero-order valence-electron chi connectivity index (χ0n) is 9.34. The molecule has 0 aromatic rings. The topological polar surface area (TPSA) is 0 Å². The minimum atomic E-state index is -6.02. The van der Waals surface area contributed by atoms with Gasteiger partial charge in [-0.05, 0) is 13.8 Å². The fraction of sp³-hybridized carbons (Fsp3) is 1.00. The van der Waals surface area contributed by atoms with Crippen molar-refractivity contribution in [3.8, 4) is 0 Å². The molecule has 0 bridgehead atoms. The highest BCUT2D eigenvalue weighted by Crippen LogP contribution is 2.48. The van der Waals surface area contributed by atoms with Crippen molar-refractivity contribution in [2.24, 2.45) is 0 Å². The first-order valence-electron chi connectivity index (χ1n) is 4.59. The fourth-order valence-electron chi connectivity index (χ4n) is 0.938. The minimum Gasteiger partial charge on any atom is -0.195 e. The van der Waals surface area contributed by atoms with Gasteiger partial charge in [-0.25, -0.2) is 0 Å². The lowest BCUT2D eigenvalue weighted by Gasteiger charge is -2.31. The Kier molecular flexibility index (Phi) is 5.11. The van der Waals surface area contributed by atoms with E-state index in [9.17, 15) is 43.9 Å². The number of thioether (sulfide) groups is 1. The largest absolute Gasteiger partial charge is 0.454 e. The van der Waals surface area contributed by atoms with Gasteiger partial charge in [-0.15, -0.1) is 11.8 Å². The van der Waals surface area contributed by atoms with E-state index in [2.05, 4.69) is 0 Å². The van der Waals surface area contributed by atoms with Crippen LogP contribution in [0.3, 0.4) is 0 Å². The van der Waals surface area contributed by atoms with Crippen molar-refractivity contribution >= 4 is 11.8 Å². The summed E-state index contributed by atoms with van der Waals surface area (Å²) < 4.78 is 122. The quantitative estimate of drug-likeness (QED) is 0.663. The highest BCUT2D eigenvalue weighted by atomic mass is 32.2. The molecule has 0 aliphatic heterocycles. The molecular weight excluding hydrogens is 318 g/mol. The Labute approximate surface area is 105 Å². The molecule has 2 unspecified atom stereocenters. The molecule has 0 aromatic carbocycles. The van der Waals surface area contributed by atoms with E-state index in [1.54, 1.807) is 0 Å². The Balaban J connectivity index is 4.99. The monoisotopic (exact) mass is 326 g/mol. The van der Waals surface area contributed by atoms with Crippen molar-refractivity contribution in [2.45, 2.75) is 48.5 Å². The van der Waals surface area contributed by atoms with Crippen molar-refractivity contribution in [3.05, 3.63) is 0 Å². The van der Waals surface area contributed by atoms with Gasteiger partial charge in [0.05, 0.1) is 10.5 Å². The molecule has 0 rings (SSSR count). The highest BCUT2D eigenvalue weighted by Gasteiger charge is 2.65. The Bertz CT molecular complexity index is 274. The van der Waals surface area contributed by atoms with Gasteiger partial charge < -0.3 is 0 Å². The summed E-state index contributed by atoms with van der Waals surface area (Å²) in [5.41, 5.74) is 0. The molecule has 0 radical (unpaired) electrons. The maximum atomic E-state index is 12.7. The number of halogens is 10. The van der Waals surface area contributed by atoms with Crippen molar-refractivity contribution in [2.75, 3.05) is 0 Å². The molecule has 0 aliphatic carbocycles. The number of hydrogen-bond donors (Lipinski definition) is 0. The van der Waals surface area contributed by atoms with Crippen molar-refractivity contribution in [1.29, 1.82) is 0 Å². The molecule has 0 amide bonds. The summed E-state index contributed by atoms with van der Waals surface area (Å²) in [7, 11) is 0. The van der Waals surface area contributed by atoms with Crippen LogP contribution < -0.4 is 0 Å². The van der Waals surface area contributed by atoms with Gasteiger partial charge in [0.25, 0.3) is 0 Å². The zero-order valence-corrected chi connectivity index (χ0v) is 10.2. The SMILES string of the molecule is CC(SC(C)C(F)(F)C(F)(F)F)C(F)(F)C(F)(F)F. The van der Waals surface area contributed by atoms with Gasteiger partial charge in [0.1, 0.15) is 0 Å². The molecule has 2 atom stereocenters. The van der Waals surface area contributed by atoms with Gasteiger partial charge in [0.2, 0.25) is 0 Å². The van der Waals surface area contributed by atoms with Crippen molar-refractivity contribution in [3.63, 3.8) is 0 Å². The van der Waals surface area contributed by atoms with E-state index in [1.165, 1.54) is 0 Å². The Morgan fingerprint density at radius 1 is 0.579 bits per heavy atom. The van der Waals surface area contributed by atoms with Crippen molar-refractivity contribution < 1.29 is 43.9 Å². The van der Waals surface area contributed by atoms with Gasteiger partial charge in [-0.3, -0.25) is 0 Å². The van der Waals surface area contributed by atoms with E-state index in [1.807, 2.05) is 0 Å². The fourth-order valence-corrected chi connectivity index (χ4v) is 2.16. The van der Waals surface area contributed by atoms with E-state index < -0.39 is 46.5 Å². The first kappa shape index (κ1) is 18.7. The molecule has 19 heavy (non-hydrogen) atoms. The standard InChI is InChI=1S/C8H8F10S/c1-3(5(9,10)7(13,14)15)19-4(2)6(11,12)8(16,17)18/h3-4H,1-2H3. The summed E-state index contributed by atoms with van der Waals surface area (Å²) in [4.78, 5) is 0. The highest BCUT2D eigenvalue weighted by molar-refractivity contribution is 8.00. The average Bonchev–Trinajstić information content (AvgIpc) is 2.13. The first-order valence-corrected chi connectivity index (χ1v) is 5.54. The van der Waals surface area contributed by atoms with Crippen LogP contribution in [0.2, 0.25) is 0 Å². The summed E-state index contributed by atoms with van der Waals surface area (Å²) in [6.45, 7) is 0.474. The summed E-state index contributed by atoms with van der Waals surface area (Å²) in [5.74, 6) is -10.7. The summed E-state index contributed by atoms with van der Waals surface area (Å²) in [6.07, 6.45) is -12.0. The van der Waals surface area contributed by atoms with Crippen LogP contribution in [0.1, 0.15) is 13.8 Å². The molecule has 0 fully saturated rings. The normalized spacial score (nSPS) is 18.3. The molecular formula is C8H8F10S. The molecule has 0 aliphatic rings. The Morgan fingerprint density at radius 3 is 0.947 bits per heavy atom. The summed E-state index contributed by atoms with van der Waals surface area (Å²) >= 11 is -0.773. The second-order valence-corrected chi connectivity index (χ2v) is 5.35. The lowest BCUT2D eigenvalue weighted by molar-refractivity contribution is -0.283. The van der Waals surface area contributed by atoms with Gasteiger partial charge in [-0.1, -0.05) is 0 Å². The van der Waals surface area contributed by atoms with Gasteiger partial charge in [0.15, 0.2) is 0 Å². The smallest absolute Gasteiger partial charge is 0.195 e. The van der Waals surface area contributed by atoms with E-state index in [0.717, 1.165) is 0 Å². The van der Waals surface area contributed by atoms with E-state index in [-0.39, 0.29) is 13.8 Å². The predicted octanol–water partition coefficient (Wildman–Crippen LogP) is 4.89. The maximum absolute atomic E-state index is 12.7. The number of rotatable bonds is 4. The van der Waals surface area contributed by atoms with E-state index in [4.69, 9.17) is 0 Å². The third kappa shape index (κ3) is 3.82. The van der Waals surface area contributed by atoms with Crippen LogP contribution in [-0.4, -0.2) is 34.7 Å². The maximum Gasteiger partial charge on any atom is 0.454 e. The van der Waals surface area contributed by atoms with Crippen LogP contribution >= 0.6 is 11.8 Å². The number of alkyl halides is 10. The second kappa shape index (κ2) is 5.21. The predicted molar refractivity (Wildman–Crippen MR) is 48.5 cm³/mol. The lowest BCUT2D eigenvalue weighted by Crippen LogP contribution is -2.48. The van der Waals surface area contributed by atoms with Crippen LogP contribution in [0, 0.1) is 0 Å². The van der Waals surface area contributed by atoms with Crippen LogP contribution in [0.25, 0.3) is 0 Å². The molecule has 0 heterocycles. The summed E-state index contributed by atoms with van der Waals surface area (Å²) in [5, 5.41) is -5.56. The third-order valence-corrected chi connectivity index (χ3v) is 3.59. The number of hydrogen-bond acceptors (Lipinski definition) is 1. The Morgan fingerprint density at radius 2 is 0.789 bits per heavy atom. The molecule has 0 spiro atoms. The van der Waals surface area contributed by atoms with Crippen LogP contribution in [0.5, 0.6) is 0 Å². The minimum absolute atomic E-state index is 0.237. The molecule has 11 heteroatoms.